The molecule has 2 aromatic rings. The predicted octanol–water partition coefficient (Wildman–Crippen LogP) is 3.85. The highest BCUT2D eigenvalue weighted by Gasteiger charge is 2.13. The van der Waals surface area contributed by atoms with E-state index in [0.717, 1.165) is 5.56 Å². The molecule has 23 heavy (non-hydrogen) atoms. The molecular formula is C17H19ClO4S. The Morgan fingerprint density at radius 2 is 1.65 bits per heavy atom. The van der Waals surface area contributed by atoms with Gasteiger partial charge in [0.2, 0.25) is 9.05 Å². The van der Waals surface area contributed by atoms with Crippen LogP contribution in [0, 0.1) is 5.92 Å². The number of halogens is 1. The van der Waals surface area contributed by atoms with Crippen LogP contribution >= 0.6 is 10.7 Å². The molecule has 6 heteroatoms. The maximum Gasteiger partial charge on any atom is 0.232 e. The number of ether oxygens (including phenoxy) is 2. The molecule has 0 bridgehead atoms. The van der Waals surface area contributed by atoms with E-state index in [1.807, 2.05) is 42.5 Å². The molecule has 0 fully saturated rings. The third-order valence-corrected chi connectivity index (χ3v) is 4.42. The van der Waals surface area contributed by atoms with Crippen molar-refractivity contribution in [2.45, 2.75) is 13.5 Å². The minimum absolute atomic E-state index is 0.112. The molecule has 0 N–H and O–H groups in total. The Balaban J connectivity index is 1.87. The van der Waals surface area contributed by atoms with Crippen molar-refractivity contribution < 1.29 is 17.9 Å². The zero-order valence-corrected chi connectivity index (χ0v) is 14.4. The molecule has 1 unspecified atom stereocenters. The SMILES string of the molecule is CC(COc1cccc(OCc2ccccc2)c1)CS(=O)(=O)Cl. The normalized spacial score (nSPS) is 12.6. The highest BCUT2D eigenvalue weighted by molar-refractivity contribution is 8.13. The number of hydrogen-bond donors (Lipinski definition) is 0. The topological polar surface area (TPSA) is 52.6 Å². The molecule has 2 aromatic carbocycles. The zero-order valence-electron chi connectivity index (χ0n) is 12.8. The average Bonchev–Trinajstić information content (AvgIpc) is 2.51. The van der Waals surface area contributed by atoms with Crippen LogP contribution in [0.1, 0.15) is 12.5 Å². The van der Waals surface area contributed by atoms with Crippen molar-refractivity contribution in [3.8, 4) is 11.5 Å². The third-order valence-electron chi connectivity index (χ3n) is 3.07. The predicted molar refractivity (Wildman–Crippen MR) is 91.5 cm³/mol. The molecule has 0 aliphatic carbocycles. The first kappa shape index (κ1) is 17.6. The summed E-state index contributed by atoms with van der Waals surface area (Å²) in [5.41, 5.74) is 1.08. The minimum Gasteiger partial charge on any atom is -0.493 e. The van der Waals surface area contributed by atoms with E-state index in [0.29, 0.717) is 18.1 Å². The number of benzene rings is 2. The molecule has 0 spiro atoms. The summed E-state index contributed by atoms with van der Waals surface area (Å²) in [7, 11) is 1.72. The summed E-state index contributed by atoms with van der Waals surface area (Å²) in [4.78, 5) is 0. The van der Waals surface area contributed by atoms with Gasteiger partial charge in [-0.25, -0.2) is 8.42 Å². The number of rotatable bonds is 8. The highest BCUT2D eigenvalue weighted by atomic mass is 35.7. The molecular weight excluding hydrogens is 336 g/mol. The van der Waals surface area contributed by atoms with E-state index in [2.05, 4.69) is 0 Å². The Morgan fingerprint density at radius 1 is 1.00 bits per heavy atom. The second-order valence-electron chi connectivity index (χ2n) is 5.37. The largest absolute Gasteiger partial charge is 0.493 e. The number of hydrogen-bond acceptors (Lipinski definition) is 4. The lowest BCUT2D eigenvalue weighted by atomic mass is 10.2. The first-order valence-corrected chi connectivity index (χ1v) is 9.72. The van der Waals surface area contributed by atoms with Gasteiger partial charge in [0.25, 0.3) is 0 Å². The second-order valence-corrected chi connectivity index (χ2v) is 8.19. The van der Waals surface area contributed by atoms with Gasteiger partial charge in [-0.2, -0.15) is 0 Å². The van der Waals surface area contributed by atoms with Gasteiger partial charge in [0.05, 0.1) is 12.4 Å². The van der Waals surface area contributed by atoms with E-state index in [4.69, 9.17) is 20.2 Å². The van der Waals surface area contributed by atoms with Crippen molar-refractivity contribution in [1.29, 1.82) is 0 Å². The van der Waals surface area contributed by atoms with E-state index in [-0.39, 0.29) is 18.3 Å². The fourth-order valence-corrected chi connectivity index (χ4v) is 3.44. The first-order chi connectivity index (χ1) is 10.9. The molecule has 124 valence electrons. The van der Waals surface area contributed by atoms with Crippen molar-refractivity contribution in [3.05, 3.63) is 60.2 Å². The van der Waals surface area contributed by atoms with E-state index in [9.17, 15) is 8.42 Å². The Kier molecular flexibility index (Phi) is 6.30. The summed E-state index contributed by atoms with van der Waals surface area (Å²) in [6.45, 7) is 2.52. The summed E-state index contributed by atoms with van der Waals surface area (Å²) < 4.78 is 33.4. The van der Waals surface area contributed by atoms with Gasteiger partial charge in [0.15, 0.2) is 0 Å². The lowest BCUT2D eigenvalue weighted by Gasteiger charge is -2.13. The van der Waals surface area contributed by atoms with Crippen LogP contribution in [0.3, 0.4) is 0 Å². The first-order valence-electron chi connectivity index (χ1n) is 7.24. The van der Waals surface area contributed by atoms with Crippen LogP contribution in [0.5, 0.6) is 11.5 Å². The van der Waals surface area contributed by atoms with Gasteiger partial charge in [-0.3, -0.25) is 0 Å². The highest BCUT2D eigenvalue weighted by Crippen LogP contribution is 2.21. The summed E-state index contributed by atoms with van der Waals surface area (Å²) in [5, 5.41) is 0. The van der Waals surface area contributed by atoms with Crippen molar-refractivity contribution in [2.75, 3.05) is 12.4 Å². The van der Waals surface area contributed by atoms with Crippen LogP contribution in [0.25, 0.3) is 0 Å². The third kappa shape index (κ3) is 6.93. The molecule has 0 aliphatic rings. The lowest BCUT2D eigenvalue weighted by Crippen LogP contribution is -2.16. The summed E-state index contributed by atoms with van der Waals surface area (Å²) in [5.74, 6) is 1.03. The Hall–Kier alpha value is -1.72. The van der Waals surface area contributed by atoms with Gasteiger partial charge in [-0.15, -0.1) is 0 Å². The lowest BCUT2D eigenvalue weighted by molar-refractivity contribution is 0.267. The zero-order chi connectivity index (χ0) is 16.7. The van der Waals surface area contributed by atoms with Gasteiger partial charge in [0.1, 0.15) is 18.1 Å². The van der Waals surface area contributed by atoms with Gasteiger partial charge < -0.3 is 9.47 Å². The average molecular weight is 355 g/mol. The standard InChI is InChI=1S/C17H19ClO4S/c1-14(13-23(18,19)20)11-21-16-8-5-9-17(10-16)22-12-15-6-3-2-4-7-15/h2-10,14H,11-13H2,1H3. The molecule has 4 nitrogen and oxygen atoms in total. The van der Waals surface area contributed by atoms with Crippen LogP contribution in [-0.2, 0) is 15.7 Å². The van der Waals surface area contributed by atoms with E-state index >= 15 is 0 Å². The molecule has 0 saturated heterocycles. The quantitative estimate of drug-likeness (QED) is 0.676. The van der Waals surface area contributed by atoms with Crippen molar-refractivity contribution in [2.24, 2.45) is 5.92 Å². The molecule has 0 saturated carbocycles. The smallest absolute Gasteiger partial charge is 0.232 e. The van der Waals surface area contributed by atoms with Crippen molar-refractivity contribution >= 4 is 19.7 Å². The molecule has 2 rings (SSSR count). The van der Waals surface area contributed by atoms with Crippen LogP contribution in [0.15, 0.2) is 54.6 Å². The maximum atomic E-state index is 11.0. The molecule has 0 amide bonds. The van der Waals surface area contributed by atoms with E-state index in [1.54, 1.807) is 19.1 Å². The van der Waals surface area contributed by atoms with Crippen LogP contribution in [0.4, 0.5) is 0 Å². The summed E-state index contributed by atoms with van der Waals surface area (Å²) >= 11 is 0. The van der Waals surface area contributed by atoms with Gasteiger partial charge in [0, 0.05) is 22.7 Å². The van der Waals surface area contributed by atoms with E-state index < -0.39 is 9.05 Å². The van der Waals surface area contributed by atoms with E-state index in [1.165, 1.54) is 0 Å². The summed E-state index contributed by atoms with van der Waals surface area (Å²) in [6, 6.07) is 17.1. The Labute approximate surface area is 141 Å². The fraction of sp³-hybridized carbons (Fsp3) is 0.294. The van der Waals surface area contributed by atoms with Gasteiger partial charge >= 0.3 is 0 Å². The fourth-order valence-electron chi connectivity index (χ4n) is 2.02. The Morgan fingerprint density at radius 3 is 2.30 bits per heavy atom. The summed E-state index contributed by atoms with van der Waals surface area (Å²) in [6.07, 6.45) is 0. The molecule has 0 heterocycles. The minimum atomic E-state index is -3.51. The van der Waals surface area contributed by atoms with Crippen LogP contribution in [0.2, 0.25) is 0 Å². The second kappa shape index (κ2) is 8.22. The molecule has 0 aromatic heterocycles. The van der Waals surface area contributed by atoms with Gasteiger partial charge in [-0.1, -0.05) is 43.3 Å². The Bertz CT molecular complexity index is 716. The van der Waals surface area contributed by atoms with Crippen molar-refractivity contribution in [1.82, 2.24) is 0 Å². The molecule has 1 atom stereocenters. The van der Waals surface area contributed by atoms with Crippen LogP contribution < -0.4 is 9.47 Å². The molecule has 0 aliphatic heterocycles. The van der Waals surface area contributed by atoms with Gasteiger partial charge in [-0.05, 0) is 17.7 Å². The van der Waals surface area contributed by atoms with Crippen LogP contribution in [-0.4, -0.2) is 20.8 Å². The monoisotopic (exact) mass is 354 g/mol. The maximum absolute atomic E-state index is 11.0. The molecule has 0 radical (unpaired) electrons. The van der Waals surface area contributed by atoms with Crippen molar-refractivity contribution in [3.63, 3.8) is 0 Å².